The Balaban J connectivity index is 1.85. The van der Waals surface area contributed by atoms with Crippen molar-refractivity contribution < 1.29 is 9.13 Å². The lowest BCUT2D eigenvalue weighted by Crippen LogP contribution is -2.30. The molecule has 2 nitrogen and oxygen atoms in total. The van der Waals surface area contributed by atoms with Gasteiger partial charge in [-0.2, -0.15) is 0 Å². The van der Waals surface area contributed by atoms with Crippen LogP contribution in [0.5, 0.6) is 5.75 Å². The Morgan fingerprint density at radius 3 is 2.75 bits per heavy atom. The molecule has 0 saturated carbocycles. The average Bonchev–Trinajstić information content (AvgIpc) is 2.79. The number of fused-ring (bicyclic) bond motifs is 1. The predicted molar refractivity (Wildman–Crippen MR) is 77.5 cm³/mol. The summed E-state index contributed by atoms with van der Waals surface area (Å²) in [5, 5.41) is 3.32. The molecule has 1 N–H and O–H groups in total. The van der Waals surface area contributed by atoms with E-state index >= 15 is 0 Å². The molecular weight excluding hydrogens is 253 g/mol. The van der Waals surface area contributed by atoms with E-state index < -0.39 is 0 Å². The lowest BCUT2D eigenvalue weighted by Gasteiger charge is -2.22. The Morgan fingerprint density at radius 1 is 1.20 bits per heavy atom. The van der Waals surface area contributed by atoms with Crippen LogP contribution in [0.3, 0.4) is 0 Å². The van der Waals surface area contributed by atoms with Crippen LogP contribution in [0.1, 0.15) is 22.7 Å². The van der Waals surface area contributed by atoms with E-state index in [0.29, 0.717) is 0 Å². The van der Waals surface area contributed by atoms with Crippen molar-refractivity contribution in [2.24, 2.45) is 0 Å². The summed E-state index contributed by atoms with van der Waals surface area (Å²) < 4.78 is 19.3. The molecule has 0 spiro atoms. The van der Waals surface area contributed by atoms with E-state index in [0.717, 1.165) is 17.7 Å². The van der Waals surface area contributed by atoms with Crippen molar-refractivity contribution in [1.82, 2.24) is 5.32 Å². The van der Waals surface area contributed by atoms with Crippen molar-refractivity contribution in [2.75, 3.05) is 7.05 Å². The van der Waals surface area contributed by atoms with E-state index in [1.54, 1.807) is 6.07 Å². The number of hydrogen-bond acceptors (Lipinski definition) is 2. The molecule has 2 unspecified atom stereocenters. The highest BCUT2D eigenvalue weighted by atomic mass is 19.1. The van der Waals surface area contributed by atoms with Crippen LogP contribution in [0.2, 0.25) is 0 Å². The molecule has 1 aliphatic rings. The number of aryl methyl sites for hydroxylation is 1. The summed E-state index contributed by atoms with van der Waals surface area (Å²) in [6, 6.07) is 13.2. The standard InChI is InChI=1S/C17H18FNO/c1-11-9-13(18)7-8-15(11)20-16-10-12-5-3-4-6-14(12)17(16)19-2/h3-9,16-17,19H,10H2,1-2H3. The van der Waals surface area contributed by atoms with Gasteiger partial charge in [0.1, 0.15) is 17.7 Å². The highest BCUT2D eigenvalue weighted by Crippen LogP contribution is 2.34. The minimum absolute atomic E-state index is 0.0431. The lowest BCUT2D eigenvalue weighted by molar-refractivity contribution is 0.170. The third-order valence-corrected chi connectivity index (χ3v) is 3.91. The summed E-state index contributed by atoms with van der Waals surface area (Å²) in [5.74, 6) is 0.527. The molecule has 3 heteroatoms. The summed E-state index contributed by atoms with van der Waals surface area (Å²) >= 11 is 0. The summed E-state index contributed by atoms with van der Waals surface area (Å²) in [4.78, 5) is 0. The molecule has 3 rings (SSSR count). The topological polar surface area (TPSA) is 21.3 Å². The molecule has 0 fully saturated rings. The zero-order valence-electron chi connectivity index (χ0n) is 11.7. The Bertz CT molecular complexity index is 626. The van der Waals surface area contributed by atoms with Gasteiger partial charge in [-0.15, -0.1) is 0 Å². The second-order valence-electron chi connectivity index (χ2n) is 5.24. The third-order valence-electron chi connectivity index (χ3n) is 3.91. The summed E-state index contributed by atoms with van der Waals surface area (Å²) in [6.45, 7) is 1.87. The van der Waals surface area contributed by atoms with Crippen LogP contribution in [-0.2, 0) is 6.42 Å². The second kappa shape index (κ2) is 5.25. The van der Waals surface area contributed by atoms with E-state index in [4.69, 9.17) is 4.74 Å². The Morgan fingerprint density at radius 2 is 2.00 bits per heavy atom. The quantitative estimate of drug-likeness (QED) is 0.924. The number of benzene rings is 2. The average molecular weight is 271 g/mol. The molecule has 0 bridgehead atoms. The van der Waals surface area contributed by atoms with Gasteiger partial charge in [-0.1, -0.05) is 24.3 Å². The summed E-state index contributed by atoms with van der Waals surface area (Å²) in [7, 11) is 1.95. The number of halogens is 1. The zero-order chi connectivity index (χ0) is 14.1. The Kier molecular flexibility index (Phi) is 3.45. The number of rotatable bonds is 3. The van der Waals surface area contributed by atoms with Crippen LogP contribution >= 0.6 is 0 Å². The van der Waals surface area contributed by atoms with Crippen LogP contribution in [-0.4, -0.2) is 13.2 Å². The summed E-state index contributed by atoms with van der Waals surface area (Å²) in [6.07, 6.45) is 0.917. The first-order valence-electron chi connectivity index (χ1n) is 6.87. The van der Waals surface area contributed by atoms with E-state index in [9.17, 15) is 4.39 Å². The SMILES string of the molecule is CNC1c2ccccc2CC1Oc1ccc(F)cc1C. The van der Waals surface area contributed by atoms with Crippen molar-refractivity contribution in [3.63, 3.8) is 0 Å². The van der Waals surface area contributed by atoms with Crippen molar-refractivity contribution in [3.8, 4) is 5.75 Å². The highest BCUT2D eigenvalue weighted by Gasteiger charge is 2.32. The van der Waals surface area contributed by atoms with Crippen molar-refractivity contribution in [3.05, 3.63) is 65.0 Å². The molecule has 2 aromatic rings. The molecule has 0 saturated heterocycles. The molecule has 0 heterocycles. The minimum atomic E-state index is -0.227. The van der Waals surface area contributed by atoms with Crippen LogP contribution in [0.25, 0.3) is 0 Å². The van der Waals surface area contributed by atoms with E-state index in [-0.39, 0.29) is 18.0 Å². The Hall–Kier alpha value is -1.87. The van der Waals surface area contributed by atoms with Gasteiger partial charge in [0.2, 0.25) is 0 Å². The maximum Gasteiger partial charge on any atom is 0.123 e. The first-order valence-corrected chi connectivity index (χ1v) is 6.87. The van der Waals surface area contributed by atoms with Gasteiger partial charge in [-0.25, -0.2) is 4.39 Å². The molecule has 1 aliphatic carbocycles. The molecular formula is C17H18FNO. The molecule has 20 heavy (non-hydrogen) atoms. The third kappa shape index (κ3) is 2.29. The number of likely N-dealkylation sites (N-methyl/N-ethyl adjacent to an activating group) is 1. The van der Waals surface area contributed by atoms with Gasteiger partial charge < -0.3 is 10.1 Å². The van der Waals surface area contributed by atoms with Crippen LogP contribution < -0.4 is 10.1 Å². The van der Waals surface area contributed by atoms with Crippen LogP contribution in [0.4, 0.5) is 4.39 Å². The Labute approximate surface area is 118 Å². The maximum atomic E-state index is 13.2. The highest BCUT2D eigenvalue weighted by molar-refractivity contribution is 5.38. The van der Waals surface area contributed by atoms with Crippen molar-refractivity contribution in [2.45, 2.75) is 25.5 Å². The first kappa shape index (κ1) is 13.1. The maximum absolute atomic E-state index is 13.2. The van der Waals surface area contributed by atoms with Crippen molar-refractivity contribution >= 4 is 0 Å². The van der Waals surface area contributed by atoms with Gasteiger partial charge in [-0.05, 0) is 48.9 Å². The number of nitrogens with one attached hydrogen (secondary N) is 1. The molecule has 0 amide bonds. The minimum Gasteiger partial charge on any atom is -0.488 e. The number of ether oxygens (including phenoxy) is 1. The van der Waals surface area contributed by atoms with Gasteiger partial charge >= 0.3 is 0 Å². The van der Waals surface area contributed by atoms with Gasteiger partial charge in [-0.3, -0.25) is 0 Å². The van der Waals surface area contributed by atoms with Gasteiger partial charge in [0, 0.05) is 6.42 Å². The smallest absolute Gasteiger partial charge is 0.123 e. The van der Waals surface area contributed by atoms with Crippen molar-refractivity contribution in [1.29, 1.82) is 0 Å². The van der Waals surface area contributed by atoms with Crippen LogP contribution in [0.15, 0.2) is 42.5 Å². The van der Waals surface area contributed by atoms with E-state index in [1.807, 2.05) is 14.0 Å². The molecule has 0 aliphatic heterocycles. The number of hydrogen-bond donors (Lipinski definition) is 1. The molecule has 0 radical (unpaired) electrons. The largest absolute Gasteiger partial charge is 0.488 e. The molecule has 2 atom stereocenters. The predicted octanol–water partition coefficient (Wildman–Crippen LogP) is 3.40. The second-order valence-corrected chi connectivity index (χ2v) is 5.24. The monoisotopic (exact) mass is 271 g/mol. The zero-order valence-corrected chi connectivity index (χ0v) is 11.7. The first-order chi connectivity index (χ1) is 9.69. The van der Waals surface area contributed by atoms with Crippen LogP contribution in [0, 0.1) is 12.7 Å². The lowest BCUT2D eigenvalue weighted by atomic mass is 10.1. The van der Waals surface area contributed by atoms with Gasteiger partial charge in [0.15, 0.2) is 0 Å². The fourth-order valence-electron chi connectivity index (χ4n) is 2.92. The van der Waals surface area contributed by atoms with Gasteiger partial charge in [0.25, 0.3) is 0 Å². The fourth-order valence-corrected chi connectivity index (χ4v) is 2.92. The summed E-state index contributed by atoms with van der Waals surface area (Å²) in [5.41, 5.74) is 3.44. The van der Waals surface area contributed by atoms with E-state index in [1.165, 1.54) is 23.3 Å². The van der Waals surface area contributed by atoms with Gasteiger partial charge in [0.05, 0.1) is 6.04 Å². The molecule has 2 aromatic carbocycles. The normalized spacial score (nSPS) is 20.8. The molecule has 0 aromatic heterocycles. The van der Waals surface area contributed by atoms with E-state index in [2.05, 4.69) is 29.6 Å². The molecule has 104 valence electrons. The fraction of sp³-hybridized carbons (Fsp3) is 0.294.